The lowest BCUT2D eigenvalue weighted by atomic mass is 10.0. The summed E-state index contributed by atoms with van der Waals surface area (Å²) < 4.78 is 10.9. The van der Waals surface area contributed by atoms with Crippen molar-refractivity contribution in [2.45, 2.75) is 26.7 Å². The van der Waals surface area contributed by atoms with Gasteiger partial charge >= 0.3 is 11.9 Å². The summed E-state index contributed by atoms with van der Waals surface area (Å²) in [4.78, 5) is 36.2. The maximum atomic E-state index is 13.1. The maximum absolute atomic E-state index is 13.1. The van der Waals surface area contributed by atoms with Crippen LogP contribution in [0.3, 0.4) is 0 Å². The van der Waals surface area contributed by atoms with Gasteiger partial charge < -0.3 is 19.9 Å². The van der Waals surface area contributed by atoms with E-state index in [0.29, 0.717) is 6.61 Å². The Morgan fingerprint density at radius 1 is 0.909 bits per heavy atom. The predicted molar refractivity (Wildman–Crippen MR) is 125 cm³/mol. The van der Waals surface area contributed by atoms with Crippen LogP contribution in [0, 0.1) is 0 Å². The fourth-order valence-corrected chi connectivity index (χ4v) is 3.20. The van der Waals surface area contributed by atoms with E-state index < -0.39 is 17.8 Å². The number of aromatic carboxylic acids is 1. The summed E-state index contributed by atoms with van der Waals surface area (Å²) in [5.74, 6) is -1.69. The van der Waals surface area contributed by atoms with E-state index in [9.17, 15) is 19.5 Å². The average molecular weight is 447 g/mol. The molecule has 2 N–H and O–H groups in total. The van der Waals surface area contributed by atoms with E-state index in [1.54, 1.807) is 12.1 Å². The first-order valence-corrected chi connectivity index (χ1v) is 10.6. The number of esters is 1. The van der Waals surface area contributed by atoms with Crippen molar-refractivity contribution >= 4 is 23.5 Å². The van der Waals surface area contributed by atoms with Crippen molar-refractivity contribution in [3.63, 3.8) is 0 Å². The lowest BCUT2D eigenvalue weighted by Crippen LogP contribution is -2.16. The van der Waals surface area contributed by atoms with E-state index in [2.05, 4.69) is 5.32 Å². The topological polar surface area (TPSA) is 102 Å². The first-order valence-electron chi connectivity index (χ1n) is 10.6. The van der Waals surface area contributed by atoms with Crippen LogP contribution >= 0.6 is 0 Å². The molecule has 3 aromatic carbocycles. The molecule has 170 valence electrons. The Hall–Kier alpha value is -4.13. The van der Waals surface area contributed by atoms with Gasteiger partial charge in [-0.1, -0.05) is 49.7 Å². The third kappa shape index (κ3) is 6.20. The number of rotatable bonds is 9. The van der Waals surface area contributed by atoms with Gasteiger partial charge in [-0.2, -0.15) is 0 Å². The number of hydrogen-bond acceptors (Lipinski definition) is 5. The Kier molecular flexibility index (Phi) is 7.81. The molecule has 0 heterocycles. The minimum Gasteiger partial charge on any atom is -0.493 e. The molecule has 0 aliphatic heterocycles. The van der Waals surface area contributed by atoms with Crippen molar-refractivity contribution in [3.05, 3.63) is 77.9 Å². The normalized spacial score (nSPS) is 10.4. The summed E-state index contributed by atoms with van der Waals surface area (Å²) in [6.07, 6.45) is 1.68. The molecule has 3 rings (SSSR count). The molecule has 0 radical (unpaired) electrons. The minimum absolute atomic E-state index is 0.0342. The van der Waals surface area contributed by atoms with E-state index in [-0.39, 0.29) is 28.3 Å². The van der Waals surface area contributed by atoms with Crippen LogP contribution in [-0.2, 0) is 4.79 Å². The highest BCUT2D eigenvalue weighted by Gasteiger charge is 2.19. The van der Waals surface area contributed by atoms with Gasteiger partial charge in [0, 0.05) is 13.0 Å². The fourth-order valence-electron chi connectivity index (χ4n) is 3.20. The van der Waals surface area contributed by atoms with E-state index >= 15 is 0 Å². The SMILES string of the molecule is CCCCOc1cc(OC(C)=O)ccc1C(=O)Nc1cc(-c2ccccc2)ccc1C(=O)O. The molecule has 7 nitrogen and oxygen atoms in total. The van der Waals surface area contributed by atoms with E-state index in [1.807, 2.05) is 37.3 Å². The predicted octanol–water partition coefficient (Wildman–Crippen LogP) is 5.41. The van der Waals surface area contributed by atoms with Gasteiger partial charge in [0.2, 0.25) is 0 Å². The zero-order chi connectivity index (χ0) is 23.8. The standard InChI is InChI=1S/C26H25NO6/c1-3-4-14-32-24-16-20(33-17(2)28)11-13-22(24)25(29)27-23-15-19(10-12-21(23)26(30)31)18-8-6-5-7-9-18/h5-13,15-16H,3-4,14H2,1-2H3,(H,27,29)(H,30,31). The molecule has 33 heavy (non-hydrogen) atoms. The van der Waals surface area contributed by atoms with Gasteiger partial charge in [-0.25, -0.2) is 4.79 Å². The molecule has 1 amide bonds. The molecule has 0 aromatic heterocycles. The largest absolute Gasteiger partial charge is 0.493 e. The van der Waals surface area contributed by atoms with Gasteiger partial charge in [0.25, 0.3) is 5.91 Å². The Bertz CT molecular complexity index is 1160. The smallest absolute Gasteiger partial charge is 0.337 e. The number of hydrogen-bond donors (Lipinski definition) is 2. The Morgan fingerprint density at radius 2 is 1.64 bits per heavy atom. The number of benzene rings is 3. The molecule has 3 aromatic rings. The summed E-state index contributed by atoms with van der Waals surface area (Å²) in [7, 11) is 0. The van der Waals surface area contributed by atoms with E-state index in [4.69, 9.17) is 9.47 Å². The molecule has 0 aliphatic carbocycles. The lowest BCUT2D eigenvalue weighted by Gasteiger charge is -2.15. The zero-order valence-corrected chi connectivity index (χ0v) is 18.5. The van der Waals surface area contributed by atoms with Crippen molar-refractivity contribution in [1.82, 2.24) is 0 Å². The number of anilines is 1. The molecule has 0 saturated heterocycles. The summed E-state index contributed by atoms with van der Waals surface area (Å²) in [6, 6.07) is 18.7. The molecule has 0 fully saturated rings. The highest BCUT2D eigenvalue weighted by molar-refractivity contribution is 6.09. The van der Waals surface area contributed by atoms with E-state index in [1.165, 1.54) is 31.2 Å². The molecule has 0 atom stereocenters. The van der Waals surface area contributed by atoms with Crippen LogP contribution in [0.15, 0.2) is 66.7 Å². The van der Waals surface area contributed by atoms with Crippen LogP contribution in [0.5, 0.6) is 11.5 Å². The number of amides is 1. The first kappa shape index (κ1) is 23.5. The van der Waals surface area contributed by atoms with Crippen molar-refractivity contribution in [2.24, 2.45) is 0 Å². The second-order valence-electron chi connectivity index (χ2n) is 7.34. The van der Waals surface area contributed by atoms with Gasteiger partial charge in [0.15, 0.2) is 0 Å². The number of carboxylic acids is 1. The number of ether oxygens (including phenoxy) is 2. The third-order valence-electron chi connectivity index (χ3n) is 4.82. The second-order valence-corrected chi connectivity index (χ2v) is 7.34. The number of nitrogens with one attached hydrogen (secondary N) is 1. The van der Waals surface area contributed by atoms with Gasteiger partial charge in [0.1, 0.15) is 11.5 Å². The molecule has 0 spiro atoms. The Balaban J connectivity index is 1.95. The molecular formula is C26H25NO6. The van der Waals surface area contributed by atoms with Crippen molar-refractivity contribution in [2.75, 3.05) is 11.9 Å². The van der Waals surface area contributed by atoms with Crippen molar-refractivity contribution in [1.29, 1.82) is 0 Å². The monoisotopic (exact) mass is 447 g/mol. The van der Waals surface area contributed by atoms with Gasteiger partial charge in [0.05, 0.1) is 23.4 Å². The third-order valence-corrected chi connectivity index (χ3v) is 4.82. The first-order chi connectivity index (χ1) is 15.9. The number of carboxylic acid groups (broad SMARTS) is 1. The van der Waals surface area contributed by atoms with Crippen molar-refractivity contribution < 1.29 is 29.0 Å². The highest BCUT2D eigenvalue weighted by Crippen LogP contribution is 2.29. The summed E-state index contributed by atoms with van der Waals surface area (Å²) in [5.41, 5.74) is 1.98. The van der Waals surface area contributed by atoms with E-state index in [0.717, 1.165) is 24.0 Å². The highest BCUT2D eigenvalue weighted by atomic mass is 16.5. The number of carbonyl (C=O) groups excluding carboxylic acids is 2. The van der Waals surface area contributed by atoms with Crippen LogP contribution in [0.4, 0.5) is 5.69 Å². The van der Waals surface area contributed by atoms with Crippen LogP contribution in [0.2, 0.25) is 0 Å². The van der Waals surface area contributed by atoms with Crippen LogP contribution in [-0.4, -0.2) is 29.6 Å². The minimum atomic E-state index is -1.16. The van der Waals surface area contributed by atoms with Crippen molar-refractivity contribution in [3.8, 4) is 22.6 Å². The maximum Gasteiger partial charge on any atom is 0.337 e. The van der Waals surface area contributed by atoms with Crippen LogP contribution in [0.25, 0.3) is 11.1 Å². The van der Waals surface area contributed by atoms with Crippen LogP contribution in [0.1, 0.15) is 47.4 Å². The summed E-state index contributed by atoms with van der Waals surface area (Å²) in [6.45, 7) is 3.68. The molecule has 0 unspecified atom stereocenters. The van der Waals surface area contributed by atoms with Crippen LogP contribution < -0.4 is 14.8 Å². The molecular weight excluding hydrogens is 422 g/mol. The lowest BCUT2D eigenvalue weighted by molar-refractivity contribution is -0.131. The second kappa shape index (κ2) is 10.9. The summed E-state index contributed by atoms with van der Waals surface area (Å²) >= 11 is 0. The number of unbranched alkanes of at least 4 members (excludes halogenated alkanes) is 1. The quantitative estimate of drug-likeness (QED) is 0.258. The van der Waals surface area contributed by atoms with Gasteiger partial charge in [-0.15, -0.1) is 0 Å². The fraction of sp³-hybridized carbons (Fsp3) is 0.192. The number of carbonyl (C=O) groups is 3. The molecule has 0 aliphatic rings. The molecule has 0 saturated carbocycles. The Morgan fingerprint density at radius 3 is 2.30 bits per heavy atom. The average Bonchev–Trinajstić information content (AvgIpc) is 2.79. The summed E-state index contributed by atoms with van der Waals surface area (Å²) in [5, 5.41) is 12.3. The zero-order valence-electron chi connectivity index (χ0n) is 18.5. The Labute approximate surface area is 192 Å². The van der Waals surface area contributed by atoms with Gasteiger partial charge in [-0.3, -0.25) is 9.59 Å². The van der Waals surface area contributed by atoms with Gasteiger partial charge in [-0.05, 0) is 41.8 Å². The molecule has 0 bridgehead atoms. The molecule has 7 heteroatoms.